The van der Waals surface area contributed by atoms with Gasteiger partial charge in [-0.3, -0.25) is 0 Å². The third-order valence-electron chi connectivity index (χ3n) is 1.41. The molecule has 0 fully saturated rings. The Hall–Kier alpha value is -1.05. The zero-order chi connectivity index (χ0) is 6.85. The van der Waals surface area contributed by atoms with Crippen LogP contribution < -0.4 is 4.57 Å². The maximum absolute atomic E-state index is 3.64. The Bertz CT molecular complexity index is 203. The van der Waals surface area contributed by atoms with Crippen LogP contribution in [0, 0.1) is 6.92 Å². The Morgan fingerprint density at radius 3 is 2.67 bits per heavy atom. The molecule has 0 aliphatic carbocycles. The Labute approximate surface area is 55.1 Å². The average Bonchev–Trinajstić information content (AvgIpc) is 2.13. The lowest BCUT2D eigenvalue weighted by Crippen LogP contribution is -2.20. The second kappa shape index (κ2) is 2.05. The lowest BCUT2D eigenvalue weighted by molar-refractivity contribution is -0.567. The van der Waals surface area contributed by atoms with E-state index in [-0.39, 0.29) is 0 Å². The molecule has 2 heteroatoms. The summed E-state index contributed by atoms with van der Waals surface area (Å²) in [6, 6.07) is 0. The van der Waals surface area contributed by atoms with Crippen molar-refractivity contribution < 1.29 is 4.57 Å². The summed E-state index contributed by atoms with van der Waals surface area (Å²) in [6.07, 6.45) is 5.77. The first-order valence-corrected chi connectivity index (χ1v) is 2.90. The fourth-order valence-corrected chi connectivity index (χ4v) is 0.731. The van der Waals surface area contributed by atoms with E-state index < -0.39 is 0 Å². The van der Waals surface area contributed by atoms with Crippen LogP contribution in [0.25, 0.3) is 6.20 Å². The highest BCUT2D eigenvalue weighted by Crippen LogP contribution is 1.88. The summed E-state index contributed by atoms with van der Waals surface area (Å²) in [5, 5.41) is 0. The first kappa shape index (κ1) is 6.08. The molecule has 0 aromatic carbocycles. The number of aromatic nitrogens is 2. The standard InChI is InChI=1S/C7H11N2/c1-4-9-5-7(2)8(3)6-9/h4-6H,1H2,2-3H3/q+1. The minimum absolute atomic E-state index is 1.23. The molecule has 1 aromatic heterocycles. The monoisotopic (exact) mass is 123 g/mol. The van der Waals surface area contributed by atoms with Gasteiger partial charge in [0.05, 0.1) is 13.2 Å². The van der Waals surface area contributed by atoms with Crippen LogP contribution in [-0.2, 0) is 7.05 Å². The highest BCUT2D eigenvalue weighted by Gasteiger charge is 1.99. The van der Waals surface area contributed by atoms with Crippen LogP contribution in [-0.4, -0.2) is 4.57 Å². The number of nitrogens with zero attached hydrogens (tertiary/aromatic N) is 2. The van der Waals surface area contributed by atoms with E-state index in [1.807, 2.05) is 28.7 Å². The molecule has 0 saturated carbocycles. The molecule has 9 heavy (non-hydrogen) atoms. The van der Waals surface area contributed by atoms with Crippen molar-refractivity contribution in [3.8, 4) is 0 Å². The van der Waals surface area contributed by atoms with Crippen LogP contribution in [0.1, 0.15) is 5.69 Å². The highest BCUT2D eigenvalue weighted by molar-refractivity contribution is 4.98. The van der Waals surface area contributed by atoms with Crippen molar-refractivity contribution in [2.75, 3.05) is 0 Å². The van der Waals surface area contributed by atoms with Gasteiger partial charge in [0.1, 0.15) is 11.9 Å². The molecule has 0 bridgehead atoms. The van der Waals surface area contributed by atoms with Crippen molar-refractivity contribution in [1.29, 1.82) is 0 Å². The highest BCUT2D eigenvalue weighted by atomic mass is 15.1. The molecule has 1 heterocycles. The largest absolute Gasteiger partial charge is 0.248 e. The molecule has 0 atom stereocenters. The lowest BCUT2D eigenvalue weighted by Gasteiger charge is -1.78. The van der Waals surface area contributed by atoms with Crippen LogP contribution in [0.4, 0.5) is 0 Å². The van der Waals surface area contributed by atoms with E-state index in [0.717, 1.165) is 0 Å². The Kier molecular flexibility index (Phi) is 1.39. The fraction of sp³-hybridized carbons (Fsp3) is 0.286. The van der Waals surface area contributed by atoms with Gasteiger partial charge in [0, 0.05) is 6.92 Å². The molecular weight excluding hydrogens is 112 g/mol. The molecule has 0 spiro atoms. The normalized spacial score (nSPS) is 9.56. The number of imidazole rings is 1. The van der Waals surface area contributed by atoms with Crippen LogP contribution in [0.5, 0.6) is 0 Å². The van der Waals surface area contributed by atoms with Gasteiger partial charge in [-0.1, -0.05) is 6.58 Å². The van der Waals surface area contributed by atoms with Crippen molar-refractivity contribution in [3.63, 3.8) is 0 Å². The molecule has 0 aliphatic heterocycles. The maximum atomic E-state index is 3.64. The summed E-state index contributed by atoms with van der Waals surface area (Å²) in [6.45, 7) is 5.69. The summed E-state index contributed by atoms with van der Waals surface area (Å²) in [5.74, 6) is 0. The predicted octanol–water partition coefficient (Wildman–Crippen LogP) is 0.722. The van der Waals surface area contributed by atoms with Crippen molar-refractivity contribution >= 4 is 6.20 Å². The lowest BCUT2D eigenvalue weighted by atomic mass is 10.5. The van der Waals surface area contributed by atoms with Crippen molar-refractivity contribution in [2.45, 2.75) is 6.92 Å². The molecule has 0 unspecified atom stereocenters. The molecule has 0 amide bonds. The van der Waals surface area contributed by atoms with Gasteiger partial charge >= 0.3 is 0 Å². The average molecular weight is 123 g/mol. The van der Waals surface area contributed by atoms with Crippen LogP contribution >= 0.6 is 0 Å². The van der Waals surface area contributed by atoms with E-state index in [0.29, 0.717) is 0 Å². The van der Waals surface area contributed by atoms with Crippen LogP contribution in [0.15, 0.2) is 19.1 Å². The summed E-state index contributed by atoms with van der Waals surface area (Å²) < 4.78 is 3.97. The zero-order valence-electron chi connectivity index (χ0n) is 5.83. The Balaban J connectivity index is 3.11. The molecule has 0 radical (unpaired) electrons. The van der Waals surface area contributed by atoms with Gasteiger partial charge in [-0.15, -0.1) is 0 Å². The third-order valence-corrected chi connectivity index (χ3v) is 1.41. The molecule has 0 N–H and O–H groups in total. The Morgan fingerprint density at radius 1 is 1.78 bits per heavy atom. The Morgan fingerprint density at radius 2 is 2.44 bits per heavy atom. The first-order valence-electron chi connectivity index (χ1n) is 2.90. The van der Waals surface area contributed by atoms with Gasteiger partial charge in [0.25, 0.3) is 0 Å². The van der Waals surface area contributed by atoms with Crippen LogP contribution in [0.2, 0.25) is 0 Å². The summed E-state index contributed by atoms with van der Waals surface area (Å²) in [7, 11) is 2.01. The minimum Gasteiger partial charge on any atom is -0.237 e. The van der Waals surface area contributed by atoms with Crippen molar-refractivity contribution in [1.82, 2.24) is 4.57 Å². The third kappa shape index (κ3) is 1.02. The second-order valence-corrected chi connectivity index (χ2v) is 2.13. The van der Waals surface area contributed by atoms with Crippen LogP contribution in [0.3, 0.4) is 0 Å². The van der Waals surface area contributed by atoms with Gasteiger partial charge < -0.3 is 0 Å². The summed E-state index contributed by atoms with van der Waals surface area (Å²) in [4.78, 5) is 0. The molecule has 48 valence electrons. The number of aryl methyl sites for hydroxylation is 2. The molecular formula is C7H11N2+. The van der Waals surface area contributed by atoms with Crippen molar-refractivity contribution in [2.24, 2.45) is 7.05 Å². The maximum Gasteiger partial charge on any atom is 0.248 e. The topological polar surface area (TPSA) is 8.81 Å². The molecule has 0 aliphatic rings. The van der Waals surface area contributed by atoms with Gasteiger partial charge in [-0.25, -0.2) is 9.13 Å². The van der Waals surface area contributed by atoms with Gasteiger partial charge in [0.2, 0.25) is 6.33 Å². The smallest absolute Gasteiger partial charge is 0.237 e. The molecule has 1 rings (SSSR count). The van der Waals surface area contributed by atoms with Gasteiger partial charge in [-0.2, -0.15) is 0 Å². The zero-order valence-corrected chi connectivity index (χ0v) is 5.83. The van der Waals surface area contributed by atoms with E-state index in [2.05, 4.69) is 13.5 Å². The van der Waals surface area contributed by atoms with E-state index in [1.54, 1.807) is 6.20 Å². The molecule has 1 aromatic rings. The SMILES string of the molecule is C=C[n+]1cc(C)n(C)c1. The van der Waals surface area contributed by atoms with Crippen molar-refractivity contribution in [3.05, 3.63) is 24.8 Å². The molecule has 2 nitrogen and oxygen atoms in total. The van der Waals surface area contributed by atoms with E-state index in [1.165, 1.54) is 5.69 Å². The fourth-order valence-electron chi connectivity index (χ4n) is 0.731. The predicted molar refractivity (Wildman–Crippen MR) is 36.7 cm³/mol. The van der Waals surface area contributed by atoms with Gasteiger partial charge in [-0.05, 0) is 0 Å². The van der Waals surface area contributed by atoms with E-state index >= 15 is 0 Å². The summed E-state index contributed by atoms with van der Waals surface area (Å²) in [5.41, 5.74) is 1.23. The quantitative estimate of drug-likeness (QED) is 0.487. The summed E-state index contributed by atoms with van der Waals surface area (Å²) >= 11 is 0. The number of hydrogen-bond donors (Lipinski definition) is 0. The number of hydrogen-bond acceptors (Lipinski definition) is 0. The van der Waals surface area contributed by atoms with E-state index in [4.69, 9.17) is 0 Å². The van der Waals surface area contributed by atoms with E-state index in [9.17, 15) is 0 Å². The first-order chi connectivity index (χ1) is 4.24. The minimum atomic E-state index is 1.23. The molecule has 0 saturated heterocycles. The van der Waals surface area contributed by atoms with Gasteiger partial charge in [0.15, 0.2) is 0 Å². The second-order valence-electron chi connectivity index (χ2n) is 2.13. The number of rotatable bonds is 1.